The molecular formula is C24H19N7O2. The molecule has 0 saturated heterocycles. The van der Waals surface area contributed by atoms with E-state index < -0.39 is 0 Å². The van der Waals surface area contributed by atoms with Gasteiger partial charge in [0.15, 0.2) is 5.65 Å². The van der Waals surface area contributed by atoms with Gasteiger partial charge in [-0.05, 0) is 61.0 Å². The average Bonchev–Trinajstić information content (AvgIpc) is 3.29. The van der Waals surface area contributed by atoms with Crippen LogP contribution in [0.1, 0.15) is 5.56 Å². The number of carbonyl (C=O) groups excluding carboxylic acids is 1. The van der Waals surface area contributed by atoms with Crippen LogP contribution in [0.15, 0.2) is 80.0 Å². The number of amides is 1. The number of hydrogen-bond acceptors (Lipinski definition) is 7. The molecule has 3 heterocycles. The fourth-order valence-electron chi connectivity index (χ4n) is 3.40. The Morgan fingerprint density at radius 1 is 1.06 bits per heavy atom. The number of benzene rings is 2. The first-order valence-electron chi connectivity index (χ1n) is 10.1. The summed E-state index contributed by atoms with van der Waals surface area (Å²) >= 11 is 0. The van der Waals surface area contributed by atoms with E-state index in [1.807, 2.05) is 49.4 Å². The van der Waals surface area contributed by atoms with E-state index in [1.165, 1.54) is 6.08 Å². The predicted molar refractivity (Wildman–Crippen MR) is 126 cm³/mol. The Morgan fingerprint density at radius 2 is 1.94 bits per heavy atom. The number of fused-ring (bicyclic) bond motifs is 2. The molecule has 0 aliphatic heterocycles. The molecule has 2 aromatic carbocycles. The second kappa shape index (κ2) is 8.39. The van der Waals surface area contributed by atoms with E-state index in [1.54, 1.807) is 29.3 Å². The van der Waals surface area contributed by atoms with Crippen molar-refractivity contribution < 1.29 is 9.53 Å². The van der Waals surface area contributed by atoms with E-state index in [0.29, 0.717) is 23.0 Å². The number of nitrogens with one attached hydrogen (secondary N) is 2. The number of anilines is 3. The molecule has 2 N–H and O–H groups in total. The van der Waals surface area contributed by atoms with Crippen molar-refractivity contribution in [2.24, 2.45) is 0 Å². The van der Waals surface area contributed by atoms with Crippen LogP contribution in [-0.2, 0) is 4.79 Å². The van der Waals surface area contributed by atoms with E-state index >= 15 is 0 Å². The molecule has 162 valence electrons. The number of aryl methyl sites for hydroxylation is 1. The maximum Gasteiger partial charge on any atom is 0.247 e. The van der Waals surface area contributed by atoms with E-state index in [4.69, 9.17) is 4.74 Å². The van der Waals surface area contributed by atoms with E-state index in [9.17, 15) is 4.79 Å². The Balaban J connectivity index is 1.40. The summed E-state index contributed by atoms with van der Waals surface area (Å²) in [6.45, 7) is 5.45. The van der Waals surface area contributed by atoms with Crippen LogP contribution in [0.2, 0.25) is 0 Å². The van der Waals surface area contributed by atoms with Crippen LogP contribution in [0, 0.1) is 6.92 Å². The molecule has 0 spiro atoms. The van der Waals surface area contributed by atoms with Crippen molar-refractivity contribution in [3.8, 4) is 11.6 Å². The van der Waals surface area contributed by atoms with Gasteiger partial charge >= 0.3 is 0 Å². The molecular weight excluding hydrogens is 418 g/mol. The maximum atomic E-state index is 11.7. The van der Waals surface area contributed by atoms with E-state index in [0.717, 1.165) is 27.8 Å². The van der Waals surface area contributed by atoms with Gasteiger partial charge in [0.05, 0.1) is 5.52 Å². The van der Waals surface area contributed by atoms with Crippen molar-refractivity contribution >= 4 is 39.5 Å². The zero-order valence-corrected chi connectivity index (χ0v) is 17.7. The molecule has 0 atom stereocenters. The minimum atomic E-state index is -0.267. The highest BCUT2D eigenvalue weighted by atomic mass is 16.5. The van der Waals surface area contributed by atoms with Crippen LogP contribution in [0.5, 0.6) is 11.6 Å². The van der Waals surface area contributed by atoms with Crippen LogP contribution >= 0.6 is 0 Å². The smallest absolute Gasteiger partial charge is 0.247 e. The fraction of sp³-hybridized carbons (Fsp3) is 0.0417. The number of carbonyl (C=O) groups is 1. The first kappa shape index (κ1) is 20.1. The number of pyridine rings is 1. The summed E-state index contributed by atoms with van der Waals surface area (Å²) in [6.07, 6.45) is 6.16. The molecule has 9 nitrogen and oxygen atoms in total. The minimum absolute atomic E-state index is 0.267. The van der Waals surface area contributed by atoms with Gasteiger partial charge < -0.3 is 15.4 Å². The molecule has 9 heteroatoms. The van der Waals surface area contributed by atoms with Gasteiger partial charge in [-0.2, -0.15) is 0 Å². The van der Waals surface area contributed by atoms with Gasteiger partial charge in [0.1, 0.15) is 18.4 Å². The lowest BCUT2D eigenvalue weighted by Crippen LogP contribution is -2.07. The predicted octanol–water partition coefficient (Wildman–Crippen LogP) is 4.64. The lowest BCUT2D eigenvalue weighted by molar-refractivity contribution is -0.111. The highest BCUT2D eigenvalue weighted by Crippen LogP contribution is 2.31. The summed E-state index contributed by atoms with van der Waals surface area (Å²) in [5.41, 5.74) is 4.81. The Labute approximate surface area is 188 Å². The third-order valence-corrected chi connectivity index (χ3v) is 5.03. The summed E-state index contributed by atoms with van der Waals surface area (Å²) in [4.78, 5) is 20.3. The summed E-state index contributed by atoms with van der Waals surface area (Å²) in [5.74, 6) is 0.857. The van der Waals surface area contributed by atoms with Crippen LogP contribution in [0.3, 0.4) is 0 Å². The van der Waals surface area contributed by atoms with Crippen molar-refractivity contribution in [3.63, 3.8) is 0 Å². The number of nitrogens with zero attached hydrogens (tertiary/aromatic N) is 5. The zero-order chi connectivity index (χ0) is 22.8. The van der Waals surface area contributed by atoms with Crippen LogP contribution in [0.4, 0.5) is 17.1 Å². The van der Waals surface area contributed by atoms with Crippen LogP contribution < -0.4 is 15.4 Å². The third-order valence-electron chi connectivity index (χ3n) is 5.03. The molecule has 0 fully saturated rings. The number of aromatic nitrogens is 5. The first-order valence-corrected chi connectivity index (χ1v) is 10.1. The number of ether oxygens (including phenoxy) is 1. The van der Waals surface area contributed by atoms with Crippen LogP contribution in [-0.4, -0.2) is 30.5 Å². The molecule has 0 aliphatic rings. The van der Waals surface area contributed by atoms with Crippen molar-refractivity contribution in [2.45, 2.75) is 6.92 Å². The topological polar surface area (TPSA) is 106 Å². The summed E-state index contributed by atoms with van der Waals surface area (Å²) in [5, 5.41) is 14.9. The monoisotopic (exact) mass is 437 g/mol. The molecule has 5 aromatic rings. The summed E-state index contributed by atoms with van der Waals surface area (Å²) < 4.78 is 7.66. The molecule has 5 rings (SSSR count). The average molecular weight is 437 g/mol. The van der Waals surface area contributed by atoms with E-state index in [2.05, 4.69) is 37.4 Å². The highest BCUT2D eigenvalue weighted by molar-refractivity contribution is 6.02. The molecule has 3 aromatic heterocycles. The maximum absolute atomic E-state index is 11.7. The van der Waals surface area contributed by atoms with Gasteiger partial charge in [0.25, 0.3) is 0 Å². The normalized spacial score (nSPS) is 10.8. The van der Waals surface area contributed by atoms with Crippen molar-refractivity contribution in [1.29, 1.82) is 0 Å². The van der Waals surface area contributed by atoms with Gasteiger partial charge in [0, 0.05) is 34.7 Å². The SMILES string of the molecule is C=CC(=O)Nc1ccc2nccc(Nc3ccc(Oc4cc5nncn5cn4)c(C)c3)c2c1. The highest BCUT2D eigenvalue weighted by Gasteiger charge is 2.09. The Hall–Kier alpha value is -4.79. The molecule has 0 aliphatic carbocycles. The van der Waals surface area contributed by atoms with Crippen molar-refractivity contribution in [2.75, 3.05) is 10.6 Å². The molecule has 0 radical (unpaired) electrons. The third kappa shape index (κ3) is 4.19. The summed E-state index contributed by atoms with van der Waals surface area (Å²) in [7, 11) is 0. The van der Waals surface area contributed by atoms with Gasteiger partial charge in [-0.15, -0.1) is 10.2 Å². The zero-order valence-electron chi connectivity index (χ0n) is 17.7. The Kier molecular flexibility index (Phi) is 5.12. The largest absolute Gasteiger partial charge is 0.439 e. The number of hydrogen-bond donors (Lipinski definition) is 2. The van der Waals surface area contributed by atoms with Crippen molar-refractivity contribution in [1.82, 2.24) is 24.6 Å². The molecule has 0 bridgehead atoms. The molecule has 0 unspecified atom stereocenters. The Morgan fingerprint density at radius 3 is 2.79 bits per heavy atom. The Bertz CT molecular complexity index is 1510. The first-order chi connectivity index (χ1) is 16.1. The lowest BCUT2D eigenvalue weighted by atomic mass is 10.1. The van der Waals surface area contributed by atoms with Gasteiger partial charge in [0.2, 0.25) is 11.8 Å². The second-order valence-electron chi connectivity index (χ2n) is 7.31. The standard InChI is InChI=1S/C24H19N7O2/c1-3-23(32)29-17-4-6-19-18(11-17)20(8-9-25-19)28-16-5-7-21(15(2)10-16)33-24-12-22-30-27-14-31(22)13-26-24/h3-14H,1H2,2H3,(H,25,28)(H,29,32). The lowest BCUT2D eigenvalue weighted by Gasteiger charge is -2.13. The van der Waals surface area contributed by atoms with Gasteiger partial charge in [-0.1, -0.05) is 6.58 Å². The molecule has 0 saturated carbocycles. The fourth-order valence-corrected chi connectivity index (χ4v) is 3.40. The van der Waals surface area contributed by atoms with Crippen LogP contribution in [0.25, 0.3) is 16.6 Å². The van der Waals surface area contributed by atoms with Gasteiger partial charge in [-0.25, -0.2) is 4.98 Å². The second-order valence-corrected chi connectivity index (χ2v) is 7.31. The van der Waals surface area contributed by atoms with Gasteiger partial charge in [-0.3, -0.25) is 14.2 Å². The van der Waals surface area contributed by atoms with Crippen molar-refractivity contribution in [3.05, 3.63) is 85.6 Å². The van der Waals surface area contributed by atoms with E-state index in [-0.39, 0.29) is 5.91 Å². The molecule has 1 amide bonds. The quantitative estimate of drug-likeness (QED) is 0.373. The molecule has 33 heavy (non-hydrogen) atoms. The number of rotatable bonds is 6. The summed E-state index contributed by atoms with van der Waals surface area (Å²) in [6, 6.07) is 15.0. The minimum Gasteiger partial charge on any atom is -0.439 e.